The van der Waals surface area contributed by atoms with Crippen molar-refractivity contribution in [3.63, 3.8) is 0 Å². The predicted molar refractivity (Wildman–Crippen MR) is 85.0 cm³/mol. The lowest BCUT2D eigenvalue weighted by atomic mass is 10.0. The first-order valence-corrected chi connectivity index (χ1v) is 7.21. The van der Waals surface area contributed by atoms with Gasteiger partial charge in [-0.25, -0.2) is 9.97 Å². The van der Waals surface area contributed by atoms with Crippen LogP contribution < -0.4 is 10.5 Å². The zero-order valence-electron chi connectivity index (χ0n) is 12.1. The van der Waals surface area contributed by atoms with E-state index >= 15 is 0 Å². The van der Waals surface area contributed by atoms with E-state index < -0.39 is 0 Å². The van der Waals surface area contributed by atoms with E-state index in [4.69, 9.17) is 10.5 Å². The molecule has 2 aromatic rings. The third-order valence-electron chi connectivity index (χ3n) is 3.15. The second-order valence-electron chi connectivity index (χ2n) is 4.94. The maximum Gasteiger partial charge on any atom is 0.161 e. The van der Waals surface area contributed by atoms with E-state index in [1.165, 1.54) is 0 Å². The summed E-state index contributed by atoms with van der Waals surface area (Å²) in [5.74, 6) is 2.27. The van der Waals surface area contributed by atoms with Crippen LogP contribution in [0.3, 0.4) is 0 Å². The molecule has 106 valence electrons. The summed E-state index contributed by atoms with van der Waals surface area (Å²) in [6.45, 7) is 6.15. The second-order valence-corrected chi connectivity index (χ2v) is 5.79. The molecular formula is C15H18BrN3O. The SMILES string of the molecule is COc1ccc(-c2nc(C)c(C(C)C)c(N)n2)cc1Br. The molecule has 1 heterocycles. The van der Waals surface area contributed by atoms with Crippen molar-refractivity contribution in [2.24, 2.45) is 0 Å². The Morgan fingerprint density at radius 1 is 1.25 bits per heavy atom. The van der Waals surface area contributed by atoms with Crippen molar-refractivity contribution < 1.29 is 4.74 Å². The molecule has 4 nitrogen and oxygen atoms in total. The number of hydrogen-bond acceptors (Lipinski definition) is 4. The summed E-state index contributed by atoms with van der Waals surface area (Å²) in [7, 11) is 1.63. The quantitative estimate of drug-likeness (QED) is 0.923. The molecule has 2 N–H and O–H groups in total. The maximum atomic E-state index is 6.07. The molecule has 0 aliphatic carbocycles. The lowest BCUT2D eigenvalue weighted by Crippen LogP contribution is -2.06. The normalized spacial score (nSPS) is 10.9. The van der Waals surface area contributed by atoms with Crippen molar-refractivity contribution in [1.82, 2.24) is 9.97 Å². The van der Waals surface area contributed by atoms with Gasteiger partial charge in [-0.2, -0.15) is 0 Å². The van der Waals surface area contributed by atoms with Crippen molar-refractivity contribution in [2.45, 2.75) is 26.7 Å². The Morgan fingerprint density at radius 2 is 1.95 bits per heavy atom. The summed E-state index contributed by atoms with van der Waals surface area (Å²) in [4.78, 5) is 9.00. The topological polar surface area (TPSA) is 61.0 Å². The highest BCUT2D eigenvalue weighted by Gasteiger charge is 2.14. The zero-order chi connectivity index (χ0) is 14.9. The minimum absolute atomic E-state index is 0.312. The number of aromatic nitrogens is 2. The smallest absolute Gasteiger partial charge is 0.161 e. The Hall–Kier alpha value is -1.62. The molecule has 0 spiro atoms. The standard InChI is InChI=1S/C15H18BrN3O/c1-8(2)13-9(3)18-15(19-14(13)17)10-5-6-12(20-4)11(16)7-10/h5-8H,1-4H3,(H2,17,18,19). The summed E-state index contributed by atoms with van der Waals surface area (Å²) >= 11 is 3.47. The molecule has 1 aromatic heterocycles. The van der Waals surface area contributed by atoms with E-state index in [0.717, 1.165) is 27.0 Å². The number of rotatable bonds is 3. The highest BCUT2D eigenvalue weighted by Crippen LogP contribution is 2.31. The van der Waals surface area contributed by atoms with Crippen LogP contribution in [0.5, 0.6) is 5.75 Å². The number of hydrogen-bond donors (Lipinski definition) is 1. The van der Waals surface area contributed by atoms with Gasteiger partial charge in [0.05, 0.1) is 11.6 Å². The van der Waals surface area contributed by atoms with Gasteiger partial charge in [0.15, 0.2) is 5.82 Å². The van der Waals surface area contributed by atoms with Crippen LogP contribution in [0.15, 0.2) is 22.7 Å². The minimum Gasteiger partial charge on any atom is -0.496 e. The first kappa shape index (κ1) is 14.8. The fourth-order valence-electron chi connectivity index (χ4n) is 2.25. The number of benzene rings is 1. The predicted octanol–water partition coefficient (Wildman–Crippen LogP) is 3.93. The number of ether oxygens (including phenoxy) is 1. The molecule has 0 unspecified atom stereocenters. The lowest BCUT2D eigenvalue weighted by molar-refractivity contribution is 0.412. The van der Waals surface area contributed by atoms with Crippen LogP contribution in [0.1, 0.15) is 31.0 Å². The van der Waals surface area contributed by atoms with E-state index in [-0.39, 0.29) is 0 Å². The van der Waals surface area contributed by atoms with Crippen LogP contribution >= 0.6 is 15.9 Å². The molecule has 0 amide bonds. The van der Waals surface area contributed by atoms with Gasteiger partial charge in [-0.3, -0.25) is 0 Å². The van der Waals surface area contributed by atoms with E-state index in [1.807, 2.05) is 25.1 Å². The molecule has 0 saturated carbocycles. The third kappa shape index (κ3) is 2.77. The summed E-state index contributed by atoms with van der Waals surface area (Å²) in [6.07, 6.45) is 0. The van der Waals surface area contributed by atoms with Gasteiger partial charge in [0.1, 0.15) is 11.6 Å². The van der Waals surface area contributed by atoms with Gasteiger partial charge in [0.2, 0.25) is 0 Å². The van der Waals surface area contributed by atoms with Gasteiger partial charge >= 0.3 is 0 Å². The average molecular weight is 336 g/mol. The third-order valence-corrected chi connectivity index (χ3v) is 3.77. The number of nitrogens with two attached hydrogens (primary N) is 1. The molecule has 0 saturated heterocycles. The Morgan fingerprint density at radius 3 is 2.45 bits per heavy atom. The first-order valence-electron chi connectivity index (χ1n) is 6.42. The van der Waals surface area contributed by atoms with Gasteiger partial charge < -0.3 is 10.5 Å². The van der Waals surface area contributed by atoms with Crippen LogP contribution in [-0.2, 0) is 0 Å². The summed E-state index contributed by atoms with van der Waals surface area (Å²) in [6, 6.07) is 5.74. The number of aryl methyl sites for hydroxylation is 1. The fourth-order valence-corrected chi connectivity index (χ4v) is 2.79. The fraction of sp³-hybridized carbons (Fsp3) is 0.333. The minimum atomic E-state index is 0.312. The van der Waals surface area contributed by atoms with E-state index in [9.17, 15) is 0 Å². The molecule has 2 rings (SSSR count). The molecule has 0 radical (unpaired) electrons. The van der Waals surface area contributed by atoms with Gasteiger partial charge in [0.25, 0.3) is 0 Å². The Bertz CT molecular complexity index is 618. The second kappa shape index (κ2) is 5.79. The molecule has 0 atom stereocenters. The van der Waals surface area contributed by atoms with Crippen LogP contribution in [-0.4, -0.2) is 17.1 Å². The van der Waals surface area contributed by atoms with Crippen LogP contribution in [0.2, 0.25) is 0 Å². The van der Waals surface area contributed by atoms with Crippen LogP contribution in [0.25, 0.3) is 11.4 Å². The van der Waals surface area contributed by atoms with Crippen molar-refractivity contribution in [1.29, 1.82) is 0 Å². The van der Waals surface area contributed by atoms with Crippen molar-refractivity contribution in [3.05, 3.63) is 33.9 Å². The van der Waals surface area contributed by atoms with Crippen molar-refractivity contribution >= 4 is 21.7 Å². The maximum absolute atomic E-state index is 6.07. The van der Waals surface area contributed by atoms with Crippen LogP contribution in [0, 0.1) is 6.92 Å². The number of halogens is 1. The molecule has 5 heteroatoms. The summed E-state index contributed by atoms with van der Waals surface area (Å²) < 4.78 is 6.09. The number of nitrogen functional groups attached to an aromatic ring is 1. The van der Waals surface area contributed by atoms with Gasteiger partial charge in [-0.05, 0) is 47.0 Å². The van der Waals surface area contributed by atoms with Crippen molar-refractivity contribution in [3.8, 4) is 17.1 Å². The molecule has 0 aliphatic heterocycles. The van der Waals surface area contributed by atoms with Gasteiger partial charge in [0, 0.05) is 16.8 Å². The number of methoxy groups -OCH3 is 1. The van der Waals surface area contributed by atoms with Crippen molar-refractivity contribution in [2.75, 3.05) is 12.8 Å². The Kier molecular flexibility index (Phi) is 4.28. The number of nitrogens with zero attached hydrogens (tertiary/aromatic N) is 2. The van der Waals surface area contributed by atoms with E-state index in [1.54, 1.807) is 7.11 Å². The molecule has 0 aliphatic rings. The molecular weight excluding hydrogens is 318 g/mol. The largest absolute Gasteiger partial charge is 0.496 e. The van der Waals surface area contributed by atoms with E-state index in [2.05, 4.69) is 39.7 Å². The van der Waals surface area contributed by atoms with Gasteiger partial charge in [-0.15, -0.1) is 0 Å². The summed E-state index contributed by atoms with van der Waals surface area (Å²) in [5, 5.41) is 0. The molecule has 0 fully saturated rings. The first-order chi connectivity index (χ1) is 9.43. The Balaban J connectivity index is 2.51. The highest BCUT2D eigenvalue weighted by molar-refractivity contribution is 9.10. The molecule has 20 heavy (non-hydrogen) atoms. The summed E-state index contributed by atoms with van der Waals surface area (Å²) in [5.41, 5.74) is 8.91. The van der Waals surface area contributed by atoms with Crippen LogP contribution in [0.4, 0.5) is 5.82 Å². The number of anilines is 1. The monoisotopic (exact) mass is 335 g/mol. The lowest BCUT2D eigenvalue weighted by Gasteiger charge is -2.13. The van der Waals surface area contributed by atoms with Gasteiger partial charge in [-0.1, -0.05) is 13.8 Å². The molecule has 1 aromatic carbocycles. The zero-order valence-corrected chi connectivity index (χ0v) is 13.7. The molecule has 0 bridgehead atoms. The highest BCUT2D eigenvalue weighted by atomic mass is 79.9. The Labute approximate surface area is 127 Å². The van der Waals surface area contributed by atoms with E-state index in [0.29, 0.717) is 17.6 Å². The average Bonchev–Trinajstić information content (AvgIpc) is 2.37.